The molecule has 0 saturated carbocycles. The summed E-state index contributed by atoms with van der Waals surface area (Å²) >= 11 is 1.39. The third-order valence-corrected chi connectivity index (χ3v) is 4.75. The Hall–Kier alpha value is -3.33. The Labute approximate surface area is 165 Å². The van der Waals surface area contributed by atoms with Crippen molar-refractivity contribution in [2.24, 2.45) is 0 Å². The van der Waals surface area contributed by atoms with Crippen molar-refractivity contribution in [3.8, 4) is 0 Å². The van der Waals surface area contributed by atoms with Gasteiger partial charge < -0.3 is 20.7 Å². The summed E-state index contributed by atoms with van der Waals surface area (Å²) in [6.45, 7) is 0.948. The van der Waals surface area contributed by atoms with Crippen LogP contribution in [0.15, 0.2) is 47.4 Å². The van der Waals surface area contributed by atoms with Crippen LogP contribution in [0.1, 0.15) is 17.3 Å². The van der Waals surface area contributed by atoms with E-state index in [1.165, 1.54) is 24.8 Å². The number of rotatable bonds is 5. The number of fused-ring (bicyclic) bond motifs is 1. The van der Waals surface area contributed by atoms with Crippen LogP contribution in [-0.4, -0.2) is 36.1 Å². The first kappa shape index (κ1) is 19.4. The van der Waals surface area contributed by atoms with E-state index in [0.717, 1.165) is 4.90 Å². The van der Waals surface area contributed by atoms with E-state index >= 15 is 0 Å². The van der Waals surface area contributed by atoms with E-state index in [4.69, 9.17) is 4.74 Å². The van der Waals surface area contributed by atoms with Crippen molar-refractivity contribution in [1.29, 1.82) is 0 Å². The summed E-state index contributed by atoms with van der Waals surface area (Å²) < 4.78 is 5.03. The lowest BCUT2D eigenvalue weighted by Gasteiger charge is -2.16. The summed E-state index contributed by atoms with van der Waals surface area (Å²) in [6, 6.07) is 11.4. The highest BCUT2D eigenvalue weighted by molar-refractivity contribution is 8.00. The van der Waals surface area contributed by atoms with E-state index in [1.807, 2.05) is 0 Å². The topological polar surface area (TPSA) is 114 Å². The highest BCUT2D eigenvalue weighted by Crippen LogP contribution is 2.32. The molecule has 0 radical (unpaired) electrons. The van der Waals surface area contributed by atoms with Gasteiger partial charge in [0.05, 0.1) is 17.0 Å². The van der Waals surface area contributed by atoms with Gasteiger partial charge in [0.15, 0.2) is 6.61 Å². The molecule has 2 aromatic rings. The largest absolute Gasteiger partial charge is 0.452 e. The summed E-state index contributed by atoms with van der Waals surface area (Å²) in [6.07, 6.45) is 0. The van der Waals surface area contributed by atoms with Gasteiger partial charge in [-0.05, 0) is 42.5 Å². The maximum absolute atomic E-state index is 12.2. The Bertz CT molecular complexity index is 943. The smallest absolute Gasteiger partial charge is 0.338 e. The van der Waals surface area contributed by atoms with E-state index in [2.05, 4.69) is 16.0 Å². The van der Waals surface area contributed by atoms with Gasteiger partial charge in [0.25, 0.3) is 5.91 Å². The molecule has 3 amide bonds. The second kappa shape index (κ2) is 8.57. The Kier molecular flexibility index (Phi) is 5.95. The fraction of sp³-hybridized carbons (Fsp3) is 0.158. The number of hydrogen-bond donors (Lipinski definition) is 3. The van der Waals surface area contributed by atoms with Gasteiger partial charge in [-0.25, -0.2) is 4.79 Å². The standard InChI is InChI=1S/C19H17N3O5S/c1-11(23)20-13-3-5-14(6-4-13)21-17(24)9-27-19(26)12-2-7-16-15(8-12)22-18(25)10-28-16/h2-8H,9-10H2,1H3,(H,20,23)(H,21,24)(H,22,25). The minimum atomic E-state index is -0.663. The van der Waals surface area contributed by atoms with Gasteiger partial charge in [0, 0.05) is 23.2 Å². The number of nitrogens with one attached hydrogen (secondary N) is 3. The fourth-order valence-corrected chi connectivity index (χ4v) is 3.25. The first-order valence-corrected chi connectivity index (χ1v) is 9.30. The minimum absolute atomic E-state index is 0.132. The van der Waals surface area contributed by atoms with Gasteiger partial charge >= 0.3 is 5.97 Å². The van der Waals surface area contributed by atoms with Crippen LogP contribution >= 0.6 is 11.8 Å². The Balaban J connectivity index is 1.53. The van der Waals surface area contributed by atoms with Crippen molar-refractivity contribution >= 4 is 52.5 Å². The second-order valence-corrected chi connectivity index (χ2v) is 6.95. The van der Waals surface area contributed by atoms with Crippen molar-refractivity contribution in [3.63, 3.8) is 0 Å². The van der Waals surface area contributed by atoms with Gasteiger partial charge in [-0.1, -0.05) is 0 Å². The molecule has 144 valence electrons. The van der Waals surface area contributed by atoms with E-state index in [1.54, 1.807) is 36.4 Å². The lowest BCUT2D eigenvalue weighted by atomic mass is 10.2. The normalized spacial score (nSPS) is 12.4. The number of ether oxygens (including phenoxy) is 1. The van der Waals surface area contributed by atoms with Crippen LogP contribution in [0.2, 0.25) is 0 Å². The third kappa shape index (κ3) is 5.10. The van der Waals surface area contributed by atoms with Gasteiger partial charge in [0.1, 0.15) is 0 Å². The number of carbonyl (C=O) groups excluding carboxylic acids is 4. The zero-order valence-corrected chi connectivity index (χ0v) is 15.7. The second-order valence-electron chi connectivity index (χ2n) is 5.93. The van der Waals surface area contributed by atoms with Gasteiger partial charge in [-0.2, -0.15) is 0 Å². The maximum atomic E-state index is 12.2. The summed E-state index contributed by atoms with van der Waals surface area (Å²) in [5.41, 5.74) is 1.91. The van der Waals surface area contributed by atoms with Crippen LogP contribution in [0.4, 0.5) is 17.1 Å². The van der Waals surface area contributed by atoms with Crippen LogP contribution in [0.5, 0.6) is 0 Å². The summed E-state index contributed by atoms with van der Waals surface area (Å²) in [7, 11) is 0. The van der Waals surface area contributed by atoms with Crippen molar-refractivity contribution in [1.82, 2.24) is 0 Å². The Morgan fingerprint density at radius 2 is 1.75 bits per heavy atom. The Morgan fingerprint density at radius 3 is 2.43 bits per heavy atom. The summed E-state index contributed by atoms with van der Waals surface area (Å²) in [4.78, 5) is 47.4. The van der Waals surface area contributed by atoms with Crippen molar-refractivity contribution in [2.45, 2.75) is 11.8 Å². The number of amides is 3. The first-order chi connectivity index (χ1) is 13.4. The molecule has 3 rings (SSSR count). The van der Waals surface area contributed by atoms with Gasteiger partial charge in [0.2, 0.25) is 11.8 Å². The number of esters is 1. The molecule has 0 bridgehead atoms. The van der Waals surface area contributed by atoms with Crippen LogP contribution in [0.25, 0.3) is 0 Å². The molecule has 1 aliphatic rings. The zero-order chi connectivity index (χ0) is 20.1. The molecular weight excluding hydrogens is 382 g/mol. The van der Waals surface area contributed by atoms with Crippen LogP contribution in [0, 0.1) is 0 Å². The average molecular weight is 399 g/mol. The number of benzene rings is 2. The monoisotopic (exact) mass is 399 g/mol. The molecule has 0 aliphatic carbocycles. The lowest BCUT2D eigenvalue weighted by molar-refractivity contribution is -0.119. The predicted molar refractivity (Wildman–Crippen MR) is 105 cm³/mol. The molecule has 28 heavy (non-hydrogen) atoms. The molecule has 3 N–H and O–H groups in total. The number of thioether (sulfide) groups is 1. The molecular formula is C19H17N3O5S. The zero-order valence-electron chi connectivity index (χ0n) is 14.9. The summed E-state index contributed by atoms with van der Waals surface area (Å²) in [5, 5.41) is 7.91. The molecule has 0 unspecified atom stereocenters. The molecule has 0 spiro atoms. The van der Waals surface area contributed by atoms with Crippen LogP contribution in [0.3, 0.4) is 0 Å². The molecule has 2 aromatic carbocycles. The quantitative estimate of drug-likeness (QED) is 0.666. The third-order valence-electron chi connectivity index (χ3n) is 3.67. The molecule has 1 aliphatic heterocycles. The number of hydrogen-bond acceptors (Lipinski definition) is 6. The SMILES string of the molecule is CC(=O)Nc1ccc(NC(=O)COC(=O)c2ccc3c(c2)NC(=O)CS3)cc1. The Morgan fingerprint density at radius 1 is 1.07 bits per heavy atom. The number of carbonyl (C=O) groups is 4. The van der Waals surface area contributed by atoms with Crippen molar-refractivity contribution in [2.75, 3.05) is 28.3 Å². The molecule has 0 fully saturated rings. The summed E-state index contributed by atoms with van der Waals surface area (Å²) in [5.74, 6) is -1.15. The van der Waals surface area contributed by atoms with Crippen molar-refractivity contribution in [3.05, 3.63) is 48.0 Å². The van der Waals surface area contributed by atoms with E-state index in [9.17, 15) is 19.2 Å². The van der Waals surface area contributed by atoms with E-state index < -0.39 is 18.5 Å². The van der Waals surface area contributed by atoms with E-state index in [-0.39, 0.29) is 17.4 Å². The van der Waals surface area contributed by atoms with E-state index in [0.29, 0.717) is 22.8 Å². The van der Waals surface area contributed by atoms with Crippen LogP contribution in [-0.2, 0) is 19.1 Å². The predicted octanol–water partition coefficient (Wildman–Crippen LogP) is 2.48. The maximum Gasteiger partial charge on any atom is 0.338 e. The molecule has 1 heterocycles. The van der Waals surface area contributed by atoms with Gasteiger partial charge in [-0.3, -0.25) is 14.4 Å². The number of anilines is 3. The average Bonchev–Trinajstić information content (AvgIpc) is 2.66. The first-order valence-electron chi connectivity index (χ1n) is 8.32. The molecule has 0 saturated heterocycles. The molecule has 0 atom stereocenters. The highest BCUT2D eigenvalue weighted by Gasteiger charge is 2.18. The molecule has 8 nitrogen and oxygen atoms in total. The highest BCUT2D eigenvalue weighted by atomic mass is 32.2. The van der Waals surface area contributed by atoms with Crippen molar-refractivity contribution < 1.29 is 23.9 Å². The molecule has 0 aromatic heterocycles. The fourth-order valence-electron chi connectivity index (χ4n) is 2.46. The minimum Gasteiger partial charge on any atom is -0.452 e. The van der Waals surface area contributed by atoms with Gasteiger partial charge in [-0.15, -0.1) is 11.8 Å². The lowest BCUT2D eigenvalue weighted by Crippen LogP contribution is -2.22. The van der Waals surface area contributed by atoms with Crippen LogP contribution < -0.4 is 16.0 Å². The molecule has 9 heteroatoms.